The molecule has 0 spiro atoms. The second kappa shape index (κ2) is 5.50. The molecule has 0 aromatic carbocycles. The number of amides is 1. The van der Waals surface area contributed by atoms with E-state index in [9.17, 15) is 9.59 Å². The molecule has 1 aliphatic heterocycles. The number of rotatable bonds is 4. The first-order chi connectivity index (χ1) is 7.15. The maximum atomic E-state index is 11.4. The van der Waals surface area contributed by atoms with E-state index in [1.54, 1.807) is 13.0 Å². The van der Waals surface area contributed by atoms with Crippen LogP contribution in [0.25, 0.3) is 0 Å². The highest BCUT2D eigenvalue weighted by atomic mass is 16.7. The zero-order valence-electron chi connectivity index (χ0n) is 8.73. The van der Waals surface area contributed by atoms with Gasteiger partial charge in [-0.15, -0.1) is 0 Å². The largest absolute Gasteiger partial charge is 0.396 e. The van der Waals surface area contributed by atoms with Gasteiger partial charge in [-0.25, -0.2) is 4.79 Å². The van der Waals surface area contributed by atoms with E-state index in [0.717, 1.165) is 11.5 Å². The van der Waals surface area contributed by atoms with Gasteiger partial charge in [-0.2, -0.15) is 5.06 Å². The summed E-state index contributed by atoms with van der Waals surface area (Å²) >= 11 is 0. The van der Waals surface area contributed by atoms with Crippen LogP contribution in [-0.2, 0) is 14.4 Å². The Labute approximate surface area is 88.3 Å². The molecular weight excluding hydrogens is 198 g/mol. The van der Waals surface area contributed by atoms with Gasteiger partial charge < -0.3 is 9.94 Å². The van der Waals surface area contributed by atoms with Gasteiger partial charge in [-0.1, -0.05) is 6.08 Å². The van der Waals surface area contributed by atoms with Crippen LogP contribution < -0.4 is 0 Å². The molecule has 1 amide bonds. The van der Waals surface area contributed by atoms with E-state index >= 15 is 0 Å². The molecule has 1 aliphatic rings. The molecular formula is C10H15NO4. The Hall–Kier alpha value is -1.36. The van der Waals surface area contributed by atoms with Crippen molar-refractivity contribution in [1.82, 2.24) is 5.06 Å². The number of hydrogen-bond donors (Lipinski definition) is 1. The summed E-state index contributed by atoms with van der Waals surface area (Å²) < 4.78 is 0. The van der Waals surface area contributed by atoms with Crippen LogP contribution in [0.15, 0.2) is 11.6 Å². The van der Waals surface area contributed by atoms with Gasteiger partial charge in [0.1, 0.15) is 0 Å². The molecule has 0 bridgehead atoms. The summed E-state index contributed by atoms with van der Waals surface area (Å²) in [6.07, 6.45) is 3.16. The normalized spacial score (nSPS) is 17.1. The third-order valence-electron chi connectivity index (χ3n) is 2.12. The average molecular weight is 213 g/mol. The Kier molecular flexibility index (Phi) is 4.30. The quantitative estimate of drug-likeness (QED) is 0.686. The zero-order chi connectivity index (χ0) is 11.3. The van der Waals surface area contributed by atoms with Crippen LogP contribution >= 0.6 is 0 Å². The van der Waals surface area contributed by atoms with Gasteiger partial charge in [-0.3, -0.25) is 4.79 Å². The van der Waals surface area contributed by atoms with Gasteiger partial charge in [0.15, 0.2) is 0 Å². The summed E-state index contributed by atoms with van der Waals surface area (Å²) in [7, 11) is 0. The molecule has 0 aromatic rings. The van der Waals surface area contributed by atoms with Crippen LogP contribution in [0.1, 0.15) is 26.2 Å². The molecule has 0 aromatic heterocycles. The van der Waals surface area contributed by atoms with Crippen molar-refractivity contribution in [1.29, 1.82) is 0 Å². The van der Waals surface area contributed by atoms with E-state index < -0.39 is 5.97 Å². The standard InChI is InChI=1S/C10H15NO4/c1-8(4-3-7-12)10(14)15-11-6-2-5-9(11)13/h4,12H,2-3,5-7H2,1H3. The first-order valence-electron chi connectivity index (χ1n) is 4.95. The Morgan fingerprint density at radius 2 is 2.40 bits per heavy atom. The smallest absolute Gasteiger partial charge is 0.358 e. The number of hydroxylamine groups is 2. The summed E-state index contributed by atoms with van der Waals surface area (Å²) in [5.74, 6) is -0.683. The van der Waals surface area contributed by atoms with Crippen LogP contribution in [0.4, 0.5) is 0 Å². The van der Waals surface area contributed by atoms with Gasteiger partial charge in [0.25, 0.3) is 5.91 Å². The molecule has 0 radical (unpaired) electrons. The van der Waals surface area contributed by atoms with E-state index in [1.165, 1.54) is 0 Å². The third kappa shape index (κ3) is 3.36. The van der Waals surface area contributed by atoms with Crippen molar-refractivity contribution in [2.24, 2.45) is 0 Å². The predicted octanol–water partition coefficient (Wildman–Crippen LogP) is 0.396. The first kappa shape index (κ1) is 11.7. The lowest BCUT2D eigenvalue weighted by molar-refractivity contribution is -0.189. The van der Waals surface area contributed by atoms with Gasteiger partial charge in [0.05, 0.1) is 6.54 Å². The highest BCUT2D eigenvalue weighted by Gasteiger charge is 2.24. The second-order valence-corrected chi connectivity index (χ2v) is 3.38. The Morgan fingerprint density at radius 3 is 2.93 bits per heavy atom. The Bertz CT molecular complexity index is 285. The number of aliphatic hydroxyl groups is 1. The highest BCUT2D eigenvalue weighted by Crippen LogP contribution is 2.11. The zero-order valence-corrected chi connectivity index (χ0v) is 8.73. The topological polar surface area (TPSA) is 66.8 Å². The van der Waals surface area contributed by atoms with Crippen LogP contribution in [0.5, 0.6) is 0 Å². The average Bonchev–Trinajstić information content (AvgIpc) is 2.61. The molecule has 5 heteroatoms. The molecule has 1 fully saturated rings. The minimum absolute atomic E-state index is 0.00668. The molecule has 0 atom stereocenters. The number of nitrogens with zero attached hydrogens (tertiary/aromatic N) is 1. The number of aliphatic hydroxyl groups excluding tert-OH is 1. The summed E-state index contributed by atoms with van der Waals surface area (Å²) in [5, 5.41) is 9.66. The summed E-state index contributed by atoms with van der Waals surface area (Å²) in [6, 6.07) is 0. The van der Waals surface area contributed by atoms with E-state index in [2.05, 4.69) is 0 Å². The lowest BCUT2D eigenvalue weighted by atomic mass is 10.2. The monoisotopic (exact) mass is 213 g/mol. The molecule has 0 aliphatic carbocycles. The van der Waals surface area contributed by atoms with E-state index in [1.807, 2.05) is 0 Å². The van der Waals surface area contributed by atoms with Crippen LogP contribution in [-0.4, -0.2) is 35.2 Å². The maximum Gasteiger partial charge on any atom is 0.358 e. The summed E-state index contributed by atoms with van der Waals surface area (Å²) in [5.41, 5.74) is 0.406. The number of hydrogen-bond acceptors (Lipinski definition) is 4. The molecule has 1 rings (SSSR count). The van der Waals surface area contributed by atoms with Crippen LogP contribution in [0.2, 0.25) is 0 Å². The van der Waals surface area contributed by atoms with Crippen molar-refractivity contribution in [3.8, 4) is 0 Å². The molecule has 5 nitrogen and oxygen atoms in total. The van der Waals surface area contributed by atoms with Crippen molar-refractivity contribution >= 4 is 11.9 Å². The molecule has 15 heavy (non-hydrogen) atoms. The van der Waals surface area contributed by atoms with E-state index in [-0.39, 0.29) is 12.5 Å². The van der Waals surface area contributed by atoms with Gasteiger partial charge in [0, 0.05) is 18.6 Å². The lowest BCUT2D eigenvalue weighted by Crippen LogP contribution is -2.28. The minimum Gasteiger partial charge on any atom is -0.396 e. The minimum atomic E-state index is -0.529. The van der Waals surface area contributed by atoms with Crippen molar-refractivity contribution in [2.75, 3.05) is 13.2 Å². The molecule has 0 saturated carbocycles. The Balaban J connectivity index is 2.44. The molecule has 1 heterocycles. The fourth-order valence-corrected chi connectivity index (χ4v) is 1.26. The number of carbonyl (C=O) groups is 2. The summed E-state index contributed by atoms with van der Waals surface area (Å²) in [4.78, 5) is 27.4. The van der Waals surface area contributed by atoms with Gasteiger partial charge >= 0.3 is 5.97 Å². The summed E-state index contributed by atoms with van der Waals surface area (Å²) in [6.45, 7) is 2.06. The van der Waals surface area contributed by atoms with Crippen molar-refractivity contribution in [2.45, 2.75) is 26.2 Å². The van der Waals surface area contributed by atoms with Crippen molar-refractivity contribution in [3.05, 3.63) is 11.6 Å². The van der Waals surface area contributed by atoms with E-state index in [0.29, 0.717) is 25.0 Å². The molecule has 0 unspecified atom stereocenters. The molecule has 1 N–H and O–H groups in total. The van der Waals surface area contributed by atoms with Gasteiger partial charge in [0.2, 0.25) is 0 Å². The van der Waals surface area contributed by atoms with Crippen LogP contribution in [0, 0.1) is 0 Å². The Morgan fingerprint density at radius 1 is 1.67 bits per heavy atom. The van der Waals surface area contributed by atoms with Crippen molar-refractivity contribution in [3.63, 3.8) is 0 Å². The fraction of sp³-hybridized carbons (Fsp3) is 0.600. The van der Waals surface area contributed by atoms with Crippen molar-refractivity contribution < 1.29 is 19.5 Å². The van der Waals surface area contributed by atoms with E-state index in [4.69, 9.17) is 9.94 Å². The maximum absolute atomic E-state index is 11.4. The first-order valence-corrected chi connectivity index (χ1v) is 4.95. The predicted molar refractivity (Wildman–Crippen MR) is 52.5 cm³/mol. The van der Waals surface area contributed by atoms with Gasteiger partial charge in [-0.05, 0) is 19.8 Å². The molecule has 1 saturated heterocycles. The highest BCUT2D eigenvalue weighted by molar-refractivity contribution is 5.89. The molecule has 84 valence electrons. The third-order valence-corrected chi connectivity index (χ3v) is 2.12. The lowest BCUT2D eigenvalue weighted by Gasteiger charge is -2.14. The SMILES string of the molecule is CC(=CCCO)C(=O)ON1CCCC1=O. The fourth-order valence-electron chi connectivity index (χ4n) is 1.26. The second-order valence-electron chi connectivity index (χ2n) is 3.38. The number of carbonyl (C=O) groups excluding carboxylic acids is 2. The van der Waals surface area contributed by atoms with Crippen LogP contribution in [0.3, 0.4) is 0 Å².